The van der Waals surface area contributed by atoms with E-state index in [2.05, 4.69) is 35.8 Å². The van der Waals surface area contributed by atoms with Gasteiger partial charge in [-0.15, -0.1) is 11.8 Å². The molecule has 3 heteroatoms. The highest BCUT2D eigenvalue weighted by Crippen LogP contribution is 2.26. The number of hydrogen-bond donors (Lipinski definition) is 2. The lowest BCUT2D eigenvalue weighted by molar-refractivity contribution is 0.0430. The Morgan fingerprint density at radius 1 is 1.31 bits per heavy atom. The van der Waals surface area contributed by atoms with Gasteiger partial charge in [-0.25, -0.2) is 0 Å². The SMILES string of the molecule is CSc1ccc(CNCC2CC(O)C2)cc1. The maximum atomic E-state index is 9.16. The van der Waals surface area contributed by atoms with E-state index < -0.39 is 0 Å². The highest BCUT2D eigenvalue weighted by molar-refractivity contribution is 7.98. The molecule has 0 saturated heterocycles. The monoisotopic (exact) mass is 237 g/mol. The van der Waals surface area contributed by atoms with Crippen LogP contribution in [0.25, 0.3) is 0 Å². The molecule has 1 fully saturated rings. The summed E-state index contributed by atoms with van der Waals surface area (Å²) in [7, 11) is 0. The molecule has 0 radical (unpaired) electrons. The zero-order chi connectivity index (χ0) is 11.4. The minimum absolute atomic E-state index is 0.0346. The predicted octanol–water partition coefficient (Wildman–Crippen LogP) is 2.27. The summed E-state index contributed by atoms with van der Waals surface area (Å²) in [5, 5.41) is 12.6. The third-order valence-electron chi connectivity index (χ3n) is 3.13. The summed E-state index contributed by atoms with van der Waals surface area (Å²) in [5.41, 5.74) is 1.33. The molecule has 16 heavy (non-hydrogen) atoms. The standard InChI is InChI=1S/C13H19NOS/c1-16-13-4-2-10(3-5-13)8-14-9-11-6-12(15)7-11/h2-5,11-12,14-15H,6-9H2,1H3. The van der Waals surface area contributed by atoms with E-state index in [-0.39, 0.29) is 6.10 Å². The van der Waals surface area contributed by atoms with Crippen molar-refractivity contribution in [3.05, 3.63) is 29.8 Å². The van der Waals surface area contributed by atoms with Crippen molar-refractivity contribution in [2.45, 2.75) is 30.4 Å². The lowest BCUT2D eigenvalue weighted by atomic mass is 9.82. The van der Waals surface area contributed by atoms with Crippen molar-refractivity contribution in [2.24, 2.45) is 5.92 Å². The average molecular weight is 237 g/mol. The largest absolute Gasteiger partial charge is 0.393 e. The molecule has 0 spiro atoms. The smallest absolute Gasteiger partial charge is 0.0546 e. The van der Waals surface area contributed by atoms with Crippen molar-refractivity contribution >= 4 is 11.8 Å². The number of aliphatic hydroxyl groups is 1. The van der Waals surface area contributed by atoms with E-state index in [4.69, 9.17) is 5.11 Å². The molecule has 0 bridgehead atoms. The molecule has 1 saturated carbocycles. The maximum absolute atomic E-state index is 9.16. The topological polar surface area (TPSA) is 32.3 Å². The molecule has 0 amide bonds. The molecule has 2 rings (SSSR count). The first kappa shape index (κ1) is 12.0. The van der Waals surface area contributed by atoms with Crippen LogP contribution in [-0.4, -0.2) is 24.0 Å². The van der Waals surface area contributed by atoms with Gasteiger partial charge in [0.25, 0.3) is 0 Å². The highest BCUT2D eigenvalue weighted by Gasteiger charge is 2.26. The molecule has 1 aliphatic rings. The van der Waals surface area contributed by atoms with Gasteiger partial charge in [0.15, 0.2) is 0 Å². The number of aliphatic hydroxyl groups excluding tert-OH is 1. The van der Waals surface area contributed by atoms with Crippen LogP contribution in [0.4, 0.5) is 0 Å². The Hall–Kier alpha value is -0.510. The second-order valence-corrected chi connectivity index (χ2v) is 5.35. The van der Waals surface area contributed by atoms with Crippen LogP contribution >= 0.6 is 11.8 Å². The molecule has 1 aromatic rings. The van der Waals surface area contributed by atoms with Crippen LogP contribution < -0.4 is 5.32 Å². The second kappa shape index (κ2) is 5.71. The Morgan fingerprint density at radius 2 is 2.00 bits per heavy atom. The number of hydrogen-bond acceptors (Lipinski definition) is 3. The fourth-order valence-electron chi connectivity index (χ4n) is 2.03. The van der Waals surface area contributed by atoms with Crippen LogP contribution in [0.3, 0.4) is 0 Å². The van der Waals surface area contributed by atoms with Gasteiger partial charge in [0.05, 0.1) is 6.10 Å². The van der Waals surface area contributed by atoms with E-state index in [1.807, 2.05) is 0 Å². The van der Waals surface area contributed by atoms with Gasteiger partial charge in [-0.1, -0.05) is 12.1 Å². The lowest BCUT2D eigenvalue weighted by Gasteiger charge is -2.31. The first-order chi connectivity index (χ1) is 7.78. The van der Waals surface area contributed by atoms with Crippen LogP contribution in [0, 0.1) is 5.92 Å². The van der Waals surface area contributed by atoms with E-state index in [9.17, 15) is 0 Å². The van der Waals surface area contributed by atoms with Gasteiger partial charge in [0, 0.05) is 11.4 Å². The van der Waals surface area contributed by atoms with Crippen LogP contribution in [0.1, 0.15) is 18.4 Å². The zero-order valence-corrected chi connectivity index (χ0v) is 10.5. The molecule has 0 unspecified atom stereocenters. The lowest BCUT2D eigenvalue weighted by Crippen LogP contribution is -2.35. The molecule has 1 aliphatic carbocycles. The maximum Gasteiger partial charge on any atom is 0.0546 e. The summed E-state index contributed by atoms with van der Waals surface area (Å²) in [6.07, 6.45) is 4.00. The van der Waals surface area contributed by atoms with Crippen molar-refractivity contribution in [1.82, 2.24) is 5.32 Å². The normalized spacial score (nSPS) is 24.1. The molecular weight excluding hydrogens is 218 g/mol. The van der Waals surface area contributed by atoms with Gasteiger partial charge in [-0.3, -0.25) is 0 Å². The number of benzene rings is 1. The van der Waals surface area contributed by atoms with Gasteiger partial charge < -0.3 is 10.4 Å². The Balaban J connectivity index is 1.68. The molecule has 0 heterocycles. The van der Waals surface area contributed by atoms with Gasteiger partial charge in [-0.05, 0) is 49.3 Å². The molecule has 0 aromatic heterocycles. The van der Waals surface area contributed by atoms with Crippen molar-refractivity contribution in [1.29, 1.82) is 0 Å². The van der Waals surface area contributed by atoms with Gasteiger partial charge in [0.1, 0.15) is 0 Å². The Labute approximate surface area is 101 Å². The fraction of sp³-hybridized carbons (Fsp3) is 0.538. The third kappa shape index (κ3) is 3.24. The van der Waals surface area contributed by atoms with Crippen molar-refractivity contribution < 1.29 is 5.11 Å². The summed E-state index contributed by atoms with van der Waals surface area (Å²) in [6, 6.07) is 8.67. The molecule has 0 aliphatic heterocycles. The van der Waals surface area contributed by atoms with E-state index in [1.165, 1.54) is 10.5 Å². The van der Waals surface area contributed by atoms with Crippen molar-refractivity contribution in [3.63, 3.8) is 0 Å². The number of rotatable bonds is 5. The number of thioether (sulfide) groups is 1. The van der Waals surface area contributed by atoms with Crippen LogP contribution in [0.5, 0.6) is 0 Å². The van der Waals surface area contributed by atoms with Crippen LogP contribution in [-0.2, 0) is 6.54 Å². The van der Waals surface area contributed by atoms with Crippen molar-refractivity contribution in [2.75, 3.05) is 12.8 Å². The number of nitrogens with one attached hydrogen (secondary N) is 1. The van der Waals surface area contributed by atoms with Crippen LogP contribution in [0.2, 0.25) is 0 Å². The third-order valence-corrected chi connectivity index (χ3v) is 3.88. The average Bonchev–Trinajstić information content (AvgIpc) is 2.27. The molecule has 2 N–H and O–H groups in total. The molecule has 1 aromatic carbocycles. The molecule has 2 nitrogen and oxygen atoms in total. The molecule has 88 valence electrons. The summed E-state index contributed by atoms with van der Waals surface area (Å²) < 4.78 is 0. The molecule has 0 atom stereocenters. The van der Waals surface area contributed by atoms with Gasteiger partial charge >= 0.3 is 0 Å². The minimum Gasteiger partial charge on any atom is -0.393 e. The van der Waals surface area contributed by atoms with Crippen LogP contribution in [0.15, 0.2) is 29.2 Å². The summed E-state index contributed by atoms with van der Waals surface area (Å²) in [5.74, 6) is 0.681. The van der Waals surface area contributed by atoms with Gasteiger partial charge in [-0.2, -0.15) is 0 Å². The van der Waals surface area contributed by atoms with Crippen molar-refractivity contribution in [3.8, 4) is 0 Å². The summed E-state index contributed by atoms with van der Waals surface area (Å²) >= 11 is 1.77. The van der Waals surface area contributed by atoms with Gasteiger partial charge in [0.2, 0.25) is 0 Å². The van der Waals surface area contributed by atoms with E-state index in [0.29, 0.717) is 5.92 Å². The first-order valence-corrected chi connectivity index (χ1v) is 7.02. The Kier molecular flexibility index (Phi) is 4.27. The second-order valence-electron chi connectivity index (χ2n) is 4.47. The quantitative estimate of drug-likeness (QED) is 0.771. The zero-order valence-electron chi connectivity index (χ0n) is 9.65. The van der Waals surface area contributed by atoms with E-state index >= 15 is 0 Å². The highest BCUT2D eigenvalue weighted by atomic mass is 32.2. The predicted molar refractivity (Wildman–Crippen MR) is 68.7 cm³/mol. The minimum atomic E-state index is -0.0346. The fourth-order valence-corrected chi connectivity index (χ4v) is 2.44. The summed E-state index contributed by atoms with van der Waals surface area (Å²) in [4.78, 5) is 1.31. The summed E-state index contributed by atoms with van der Waals surface area (Å²) in [6.45, 7) is 1.96. The Bertz CT molecular complexity index is 319. The first-order valence-electron chi connectivity index (χ1n) is 5.79. The van der Waals surface area contributed by atoms with E-state index in [1.54, 1.807) is 11.8 Å². The Morgan fingerprint density at radius 3 is 2.56 bits per heavy atom. The van der Waals surface area contributed by atoms with E-state index in [0.717, 1.165) is 25.9 Å². The molecular formula is C13H19NOS.